The van der Waals surface area contributed by atoms with Gasteiger partial charge < -0.3 is 13.7 Å². The molecule has 1 atom stereocenters. The Kier molecular flexibility index (Phi) is 5.20. The number of benzene rings is 2. The van der Waals surface area contributed by atoms with Crippen LogP contribution in [0.4, 0.5) is 0 Å². The number of oxazole rings is 1. The first kappa shape index (κ1) is 20.1. The van der Waals surface area contributed by atoms with E-state index in [1.54, 1.807) is 13.3 Å². The molecule has 4 aromatic rings. The summed E-state index contributed by atoms with van der Waals surface area (Å²) in [4.78, 5) is 4.18. The maximum Gasteiger partial charge on any atom is 0.191 e. The molecule has 6 nitrogen and oxygen atoms in total. The lowest BCUT2D eigenvalue weighted by Crippen LogP contribution is -2.17. The fourth-order valence-corrected chi connectivity index (χ4v) is 4.46. The third-order valence-electron chi connectivity index (χ3n) is 5.66. The van der Waals surface area contributed by atoms with Crippen LogP contribution in [-0.4, -0.2) is 26.9 Å². The van der Waals surface area contributed by atoms with Crippen LogP contribution in [0.1, 0.15) is 36.0 Å². The smallest absolute Gasteiger partial charge is 0.191 e. The highest BCUT2D eigenvalue weighted by Crippen LogP contribution is 2.39. The Bertz CT molecular complexity index is 1260. The van der Waals surface area contributed by atoms with Crippen LogP contribution in [0, 0.1) is 6.92 Å². The van der Waals surface area contributed by atoms with E-state index in [2.05, 4.69) is 19.7 Å². The monoisotopic (exact) mass is 454 g/mol. The second-order valence-electron chi connectivity index (χ2n) is 7.56. The summed E-state index contributed by atoms with van der Waals surface area (Å²) in [6, 6.07) is 11.7. The van der Waals surface area contributed by atoms with Gasteiger partial charge in [0.15, 0.2) is 17.5 Å². The van der Waals surface area contributed by atoms with Crippen molar-refractivity contribution in [3.8, 4) is 28.5 Å². The fraction of sp³-hybridized carbons (Fsp3) is 0.261. The highest BCUT2D eigenvalue weighted by atomic mass is 35.5. The highest BCUT2D eigenvalue weighted by Gasteiger charge is 2.28. The van der Waals surface area contributed by atoms with Gasteiger partial charge in [0.25, 0.3) is 0 Å². The molecule has 2 aromatic carbocycles. The largest absolute Gasteiger partial charge is 0.496 e. The topological polar surface area (TPSA) is 66.0 Å². The van der Waals surface area contributed by atoms with Crippen molar-refractivity contribution in [2.75, 3.05) is 7.11 Å². The van der Waals surface area contributed by atoms with Crippen LogP contribution in [0.2, 0.25) is 10.0 Å². The van der Waals surface area contributed by atoms with Crippen molar-refractivity contribution in [1.82, 2.24) is 19.7 Å². The van der Waals surface area contributed by atoms with Gasteiger partial charge in [-0.1, -0.05) is 35.3 Å². The standard InChI is InChI=1S/C23H20Cl2N4O2/c1-13-26-12-21(31-13)17-7-5-15(11-20(17)30-2)22-27-28-23-16(4-3-9-29(22)23)14-6-8-18(24)19(25)10-14/h5-8,10-12,16H,3-4,9H2,1-2H3. The second-order valence-corrected chi connectivity index (χ2v) is 8.37. The molecule has 3 heterocycles. The van der Waals surface area contributed by atoms with Crippen LogP contribution in [0.3, 0.4) is 0 Å². The number of methoxy groups -OCH3 is 1. The zero-order valence-electron chi connectivity index (χ0n) is 17.1. The molecule has 8 heteroatoms. The zero-order valence-corrected chi connectivity index (χ0v) is 18.6. The van der Waals surface area contributed by atoms with Crippen LogP contribution in [0.5, 0.6) is 5.75 Å². The minimum atomic E-state index is 0.128. The number of nitrogens with zero attached hydrogens (tertiary/aromatic N) is 4. The summed E-state index contributed by atoms with van der Waals surface area (Å²) in [5.41, 5.74) is 2.88. The number of hydrogen-bond acceptors (Lipinski definition) is 5. The SMILES string of the molecule is COc1cc(-c2nnc3n2CCCC3c2ccc(Cl)c(Cl)c2)ccc1-c1cnc(C)o1. The van der Waals surface area contributed by atoms with Gasteiger partial charge in [0.05, 0.1) is 28.9 Å². The van der Waals surface area contributed by atoms with Crippen LogP contribution >= 0.6 is 23.2 Å². The van der Waals surface area contributed by atoms with E-state index in [0.29, 0.717) is 27.4 Å². The second kappa shape index (κ2) is 8.02. The van der Waals surface area contributed by atoms with Crippen molar-refractivity contribution in [3.63, 3.8) is 0 Å². The molecule has 0 saturated heterocycles. The van der Waals surface area contributed by atoms with Gasteiger partial charge in [-0.2, -0.15) is 0 Å². The summed E-state index contributed by atoms with van der Waals surface area (Å²) in [5.74, 6) is 3.86. The van der Waals surface area contributed by atoms with E-state index in [1.165, 1.54) is 0 Å². The minimum Gasteiger partial charge on any atom is -0.496 e. The van der Waals surface area contributed by atoms with Crippen molar-refractivity contribution in [3.05, 3.63) is 69.9 Å². The Hall–Kier alpha value is -2.83. The van der Waals surface area contributed by atoms with E-state index >= 15 is 0 Å². The maximum atomic E-state index is 6.26. The lowest BCUT2D eigenvalue weighted by molar-refractivity contribution is 0.414. The molecule has 5 rings (SSSR count). The molecule has 1 unspecified atom stereocenters. The summed E-state index contributed by atoms with van der Waals surface area (Å²) in [7, 11) is 1.64. The number of fused-ring (bicyclic) bond motifs is 1. The number of ether oxygens (including phenoxy) is 1. The molecule has 0 N–H and O–H groups in total. The molecular weight excluding hydrogens is 435 g/mol. The number of halogens is 2. The van der Waals surface area contributed by atoms with Crippen molar-refractivity contribution in [2.45, 2.75) is 32.2 Å². The van der Waals surface area contributed by atoms with Crippen LogP contribution in [0.15, 0.2) is 47.0 Å². The number of aromatic nitrogens is 4. The first-order valence-corrected chi connectivity index (χ1v) is 10.8. The Morgan fingerprint density at radius 3 is 2.71 bits per heavy atom. The number of rotatable bonds is 4. The van der Waals surface area contributed by atoms with Crippen LogP contribution in [0.25, 0.3) is 22.7 Å². The predicted molar refractivity (Wildman–Crippen MR) is 120 cm³/mol. The van der Waals surface area contributed by atoms with E-state index in [1.807, 2.05) is 43.3 Å². The predicted octanol–water partition coefficient (Wildman–Crippen LogP) is 6.15. The van der Waals surface area contributed by atoms with E-state index in [-0.39, 0.29) is 5.92 Å². The molecule has 2 aromatic heterocycles. The first-order valence-electron chi connectivity index (χ1n) is 10.0. The summed E-state index contributed by atoms with van der Waals surface area (Å²) in [6.07, 6.45) is 3.71. The Morgan fingerprint density at radius 1 is 1.10 bits per heavy atom. The molecule has 0 fully saturated rings. The summed E-state index contributed by atoms with van der Waals surface area (Å²) in [6.45, 7) is 2.68. The van der Waals surface area contributed by atoms with Crippen LogP contribution < -0.4 is 4.74 Å². The number of hydrogen-bond donors (Lipinski definition) is 0. The molecule has 0 aliphatic carbocycles. The summed E-state index contributed by atoms with van der Waals surface area (Å²) in [5, 5.41) is 10.2. The Labute approximate surface area is 189 Å². The zero-order chi connectivity index (χ0) is 21.5. The molecule has 0 radical (unpaired) electrons. The van der Waals surface area contributed by atoms with Gasteiger partial charge in [-0.3, -0.25) is 0 Å². The molecule has 158 valence electrons. The Balaban J connectivity index is 1.54. The third-order valence-corrected chi connectivity index (χ3v) is 6.40. The van der Waals surface area contributed by atoms with E-state index in [9.17, 15) is 0 Å². The molecular formula is C23H20Cl2N4O2. The van der Waals surface area contributed by atoms with Crippen molar-refractivity contribution < 1.29 is 9.15 Å². The Morgan fingerprint density at radius 2 is 1.97 bits per heavy atom. The molecule has 0 spiro atoms. The van der Waals surface area contributed by atoms with Gasteiger partial charge in [0.1, 0.15) is 11.6 Å². The molecule has 0 saturated carbocycles. The lowest BCUT2D eigenvalue weighted by Gasteiger charge is -2.24. The number of aryl methyl sites for hydroxylation is 1. The quantitative estimate of drug-likeness (QED) is 0.369. The van der Waals surface area contributed by atoms with Gasteiger partial charge in [-0.05, 0) is 42.7 Å². The minimum absolute atomic E-state index is 0.128. The molecule has 0 amide bonds. The first-order chi connectivity index (χ1) is 15.0. The van der Waals surface area contributed by atoms with Crippen molar-refractivity contribution >= 4 is 23.2 Å². The molecule has 31 heavy (non-hydrogen) atoms. The fourth-order valence-electron chi connectivity index (χ4n) is 4.15. The molecule has 1 aliphatic rings. The van der Waals surface area contributed by atoms with E-state index in [4.69, 9.17) is 32.4 Å². The summed E-state index contributed by atoms with van der Waals surface area (Å²) >= 11 is 12.4. The van der Waals surface area contributed by atoms with Crippen molar-refractivity contribution in [2.24, 2.45) is 0 Å². The van der Waals surface area contributed by atoms with Gasteiger partial charge in [0.2, 0.25) is 0 Å². The van der Waals surface area contributed by atoms with Gasteiger partial charge in [0, 0.05) is 24.9 Å². The normalized spacial score (nSPS) is 15.7. The molecule has 0 bridgehead atoms. The van der Waals surface area contributed by atoms with Gasteiger partial charge in [-0.25, -0.2) is 4.98 Å². The highest BCUT2D eigenvalue weighted by molar-refractivity contribution is 6.42. The summed E-state index contributed by atoms with van der Waals surface area (Å²) < 4.78 is 13.5. The van der Waals surface area contributed by atoms with Gasteiger partial charge >= 0.3 is 0 Å². The van der Waals surface area contributed by atoms with Gasteiger partial charge in [-0.15, -0.1) is 10.2 Å². The average Bonchev–Trinajstić information content (AvgIpc) is 3.41. The lowest BCUT2D eigenvalue weighted by atomic mass is 9.91. The third kappa shape index (κ3) is 3.60. The average molecular weight is 455 g/mol. The van der Waals surface area contributed by atoms with Crippen molar-refractivity contribution in [1.29, 1.82) is 0 Å². The van der Waals surface area contributed by atoms with E-state index in [0.717, 1.165) is 47.7 Å². The van der Waals surface area contributed by atoms with Crippen LogP contribution in [-0.2, 0) is 6.54 Å². The molecule has 1 aliphatic heterocycles. The maximum absolute atomic E-state index is 6.26. The van der Waals surface area contributed by atoms with E-state index < -0.39 is 0 Å².